The quantitative estimate of drug-likeness (QED) is 0.345. The molecule has 0 radical (unpaired) electrons. The molecule has 2 aromatic carbocycles. The van der Waals surface area contributed by atoms with Crippen LogP contribution in [0.4, 0.5) is 17.1 Å². The minimum atomic E-state index is -0.803. The number of fused-ring (bicyclic) bond motifs is 1. The lowest BCUT2D eigenvalue weighted by atomic mass is 9.66. The number of carbonyl (C=O) groups is 3. The number of carbonyl (C=O) groups excluding carboxylic acids is 3. The third-order valence-corrected chi connectivity index (χ3v) is 12.0. The maximum atomic E-state index is 14.5. The van der Waals surface area contributed by atoms with Crippen molar-refractivity contribution in [3.63, 3.8) is 0 Å². The van der Waals surface area contributed by atoms with E-state index in [1.165, 1.54) is 0 Å². The van der Waals surface area contributed by atoms with Crippen molar-refractivity contribution in [3.8, 4) is 0 Å². The van der Waals surface area contributed by atoms with Crippen molar-refractivity contribution >= 4 is 46.5 Å². The Bertz CT molecular complexity index is 1290. The van der Waals surface area contributed by atoms with Crippen LogP contribution in [-0.2, 0) is 14.4 Å². The summed E-state index contributed by atoms with van der Waals surface area (Å²) in [5.74, 6) is -1.80. The second kappa shape index (κ2) is 12.3. The number of aliphatic hydroxyl groups is 1. The molecule has 3 amide bonds. The molecular weight excluding hydrogens is 548 g/mol. The summed E-state index contributed by atoms with van der Waals surface area (Å²) < 4.78 is -0.757. The van der Waals surface area contributed by atoms with Gasteiger partial charge in [0.25, 0.3) is 0 Å². The van der Waals surface area contributed by atoms with E-state index in [2.05, 4.69) is 36.3 Å². The molecular formula is C33H44N4O4S. The second-order valence-corrected chi connectivity index (χ2v) is 13.5. The van der Waals surface area contributed by atoms with E-state index in [4.69, 9.17) is 0 Å². The fraction of sp³-hybridized carbons (Fsp3) is 0.545. The molecule has 2 bridgehead atoms. The van der Waals surface area contributed by atoms with Crippen molar-refractivity contribution in [1.82, 2.24) is 4.90 Å². The minimum absolute atomic E-state index is 0.0214. The van der Waals surface area contributed by atoms with Crippen LogP contribution < -0.4 is 15.5 Å². The van der Waals surface area contributed by atoms with E-state index < -0.39 is 28.7 Å². The molecule has 9 heteroatoms. The Kier molecular flexibility index (Phi) is 8.90. The first-order valence-corrected chi connectivity index (χ1v) is 16.2. The van der Waals surface area contributed by atoms with Crippen LogP contribution >= 0.6 is 11.8 Å². The fourth-order valence-electron chi connectivity index (χ4n) is 7.53. The SMILES string of the molecule is CC[C@H](C)[C@H](CO)N1C(=O)[C@@H]2[C@H](C(=O)Nc3ccccc3)[C@@H]3CC(C)C2(S3)C1C(=O)Nc1ccc(N(CC)CC)cc1. The number of benzene rings is 2. The number of amides is 3. The third kappa shape index (κ3) is 4.98. The van der Waals surface area contributed by atoms with E-state index in [-0.39, 0.29) is 41.4 Å². The minimum Gasteiger partial charge on any atom is -0.394 e. The molecule has 3 heterocycles. The monoisotopic (exact) mass is 592 g/mol. The second-order valence-electron chi connectivity index (χ2n) is 12.0. The topological polar surface area (TPSA) is 102 Å². The van der Waals surface area contributed by atoms with Gasteiger partial charge < -0.3 is 25.5 Å². The molecule has 3 unspecified atom stereocenters. The lowest BCUT2D eigenvalue weighted by Gasteiger charge is -2.41. The van der Waals surface area contributed by atoms with Crippen LogP contribution in [0.15, 0.2) is 54.6 Å². The van der Waals surface area contributed by atoms with E-state index in [0.29, 0.717) is 11.4 Å². The summed E-state index contributed by atoms with van der Waals surface area (Å²) >= 11 is 1.65. The highest BCUT2D eigenvalue weighted by atomic mass is 32.2. The summed E-state index contributed by atoms with van der Waals surface area (Å²) in [6, 6.07) is 15.8. The van der Waals surface area contributed by atoms with Crippen molar-refractivity contribution in [3.05, 3.63) is 54.6 Å². The van der Waals surface area contributed by atoms with Crippen LogP contribution in [0.1, 0.15) is 47.5 Å². The molecule has 3 fully saturated rings. The number of hydrogen-bond acceptors (Lipinski definition) is 6. The van der Waals surface area contributed by atoms with Gasteiger partial charge in [0.1, 0.15) is 6.04 Å². The van der Waals surface area contributed by atoms with E-state index in [1.807, 2.05) is 68.4 Å². The average molecular weight is 593 g/mol. The number of anilines is 3. The van der Waals surface area contributed by atoms with Gasteiger partial charge in [-0.2, -0.15) is 0 Å². The highest BCUT2D eigenvalue weighted by Gasteiger charge is 2.76. The zero-order valence-corrected chi connectivity index (χ0v) is 26.1. The molecule has 2 aromatic rings. The van der Waals surface area contributed by atoms with E-state index >= 15 is 0 Å². The summed E-state index contributed by atoms with van der Waals surface area (Å²) in [6.45, 7) is 11.9. The van der Waals surface area contributed by atoms with Gasteiger partial charge in [0.05, 0.1) is 29.2 Å². The number of rotatable bonds is 11. The molecule has 3 aliphatic rings. The third-order valence-electron chi connectivity index (χ3n) is 9.88. The van der Waals surface area contributed by atoms with Crippen molar-refractivity contribution in [2.24, 2.45) is 23.7 Å². The molecule has 0 aliphatic carbocycles. The van der Waals surface area contributed by atoms with Crippen LogP contribution in [-0.4, -0.2) is 69.5 Å². The Morgan fingerprint density at radius 1 is 1.02 bits per heavy atom. The van der Waals surface area contributed by atoms with Gasteiger partial charge in [-0.05, 0) is 68.5 Å². The van der Waals surface area contributed by atoms with Crippen molar-refractivity contribution in [1.29, 1.82) is 0 Å². The lowest BCUT2D eigenvalue weighted by molar-refractivity contribution is -0.142. The lowest BCUT2D eigenvalue weighted by Crippen LogP contribution is -2.58. The Hall–Kier alpha value is -3.04. The summed E-state index contributed by atoms with van der Waals surface area (Å²) in [5, 5.41) is 16.7. The number of aliphatic hydroxyl groups excluding tert-OH is 1. The molecule has 0 saturated carbocycles. The van der Waals surface area contributed by atoms with Gasteiger partial charge in [0, 0.05) is 35.4 Å². The largest absolute Gasteiger partial charge is 0.394 e. The van der Waals surface area contributed by atoms with Crippen LogP contribution in [0.2, 0.25) is 0 Å². The first-order chi connectivity index (χ1) is 20.2. The summed E-state index contributed by atoms with van der Waals surface area (Å²) in [5.41, 5.74) is 2.43. The van der Waals surface area contributed by atoms with Gasteiger partial charge in [-0.3, -0.25) is 14.4 Å². The molecule has 1 spiro atoms. The maximum Gasteiger partial charge on any atom is 0.248 e. The molecule has 226 valence electrons. The molecule has 5 rings (SSSR count). The number of nitrogens with zero attached hydrogens (tertiary/aromatic N) is 2. The Morgan fingerprint density at radius 2 is 1.64 bits per heavy atom. The standard InChI is InChI=1S/C33H44N4O4S/c1-6-20(4)25(19-38)37-29(31(40)35-23-14-16-24(17-15-23)36(7-2)8-3)33-21(5)18-26(42-33)27(28(33)32(37)41)30(39)34-22-12-10-9-11-13-22/h9-17,20-21,25-29,38H,6-8,18-19H2,1-5H3,(H,34,39)(H,35,40)/t20-,21?,25-,26-,27+,28-,29?,33?/m0/s1. The van der Waals surface area contributed by atoms with Gasteiger partial charge in [0.15, 0.2) is 0 Å². The fourth-order valence-corrected chi connectivity index (χ4v) is 9.94. The maximum absolute atomic E-state index is 14.5. The van der Waals surface area contributed by atoms with Crippen LogP contribution in [0.25, 0.3) is 0 Å². The van der Waals surface area contributed by atoms with Gasteiger partial charge in [-0.25, -0.2) is 0 Å². The zero-order chi connectivity index (χ0) is 30.2. The van der Waals surface area contributed by atoms with Crippen molar-refractivity contribution in [2.75, 3.05) is 35.2 Å². The van der Waals surface area contributed by atoms with Crippen molar-refractivity contribution in [2.45, 2.75) is 69.5 Å². The predicted molar refractivity (Wildman–Crippen MR) is 170 cm³/mol. The molecule has 42 heavy (non-hydrogen) atoms. The van der Waals surface area contributed by atoms with Gasteiger partial charge >= 0.3 is 0 Å². The molecule has 8 nitrogen and oxygen atoms in total. The number of nitrogens with one attached hydrogen (secondary N) is 2. The van der Waals surface area contributed by atoms with E-state index in [1.54, 1.807) is 16.7 Å². The first-order valence-electron chi connectivity index (χ1n) is 15.3. The highest BCUT2D eigenvalue weighted by Crippen LogP contribution is 2.69. The van der Waals surface area contributed by atoms with Gasteiger partial charge in [0.2, 0.25) is 17.7 Å². The van der Waals surface area contributed by atoms with Crippen LogP contribution in [0, 0.1) is 23.7 Å². The molecule has 3 saturated heterocycles. The Labute approximate surface area is 253 Å². The number of thioether (sulfide) groups is 1. The molecule has 0 aromatic heterocycles. The zero-order valence-electron chi connectivity index (χ0n) is 25.2. The molecule has 3 aliphatic heterocycles. The van der Waals surface area contributed by atoms with Gasteiger partial charge in [-0.1, -0.05) is 45.4 Å². The summed E-state index contributed by atoms with van der Waals surface area (Å²) in [6.07, 6.45) is 1.50. The molecule has 3 N–H and O–H groups in total. The van der Waals surface area contributed by atoms with Crippen LogP contribution in [0.5, 0.6) is 0 Å². The smallest absolute Gasteiger partial charge is 0.248 e. The predicted octanol–water partition coefficient (Wildman–Crippen LogP) is 4.85. The van der Waals surface area contributed by atoms with E-state index in [0.717, 1.165) is 31.6 Å². The molecule has 8 atom stereocenters. The highest BCUT2D eigenvalue weighted by molar-refractivity contribution is 8.02. The van der Waals surface area contributed by atoms with Crippen LogP contribution in [0.3, 0.4) is 0 Å². The first kappa shape index (κ1) is 30.4. The van der Waals surface area contributed by atoms with E-state index in [9.17, 15) is 19.5 Å². The summed E-state index contributed by atoms with van der Waals surface area (Å²) in [4.78, 5) is 46.5. The average Bonchev–Trinajstić information content (AvgIpc) is 3.59. The normalized spacial score (nSPS) is 29.2. The number of para-hydroxylation sites is 1. The number of likely N-dealkylation sites (tertiary alicyclic amines) is 1. The number of hydrogen-bond donors (Lipinski definition) is 3. The summed E-state index contributed by atoms with van der Waals surface area (Å²) in [7, 11) is 0. The Morgan fingerprint density at radius 3 is 2.24 bits per heavy atom. The van der Waals surface area contributed by atoms with Crippen molar-refractivity contribution < 1.29 is 19.5 Å². The Balaban J connectivity index is 1.51. The van der Waals surface area contributed by atoms with Gasteiger partial charge in [-0.15, -0.1) is 11.8 Å².